The molecule has 0 aliphatic rings. The molecule has 0 rings (SSSR count). The van der Waals surface area contributed by atoms with E-state index in [2.05, 4.69) is 0 Å². The minimum atomic E-state index is -3.08. The zero-order chi connectivity index (χ0) is 3.58. The van der Waals surface area contributed by atoms with Gasteiger partial charge in [-0.1, -0.05) is 0 Å². The number of hydrogen-bond donors (Lipinski definition) is 0. The number of halogens is 3. The van der Waals surface area contributed by atoms with Gasteiger partial charge in [0.05, 0.1) is 0 Å². The van der Waals surface area contributed by atoms with Crippen molar-refractivity contribution in [1.29, 1.82) is 0 Å². The van der Waals surface area contributed by atoms with Crippen LogP contribution in [0.1, 0.15) is 0 Å². The van der Waals surface area contributed by atoms with Gasteiger partial charge in [0, 0.05) is 0 Å². The molecule has 31 valence electrons. The molecule has 0 heterocycles. The second-order valence-corrected chi connectivity index (χ2v) is 0.214. The molecule has 0 unspecified atom stereocenters. The van der Waals surface area contributed by atoms with Crippen LogP contribution in [0.3, 0.4) is 0 Å². The molecule has 0 bridgehead atoms. The van der Waals surface area contributed by atoms with Crippen molar-refractivity contribution in [3.8, 4) is 0 Å². The predicted molar refractivity (Wildman–Crippen MR) is 15.1 cm³/mol. The van der Waals surface area contributed by atoms with E-state index < -0.39 is 6.68 Å². The van der Waals surface area contributed by atoms with Gasteiger partial charge < -0.3 is 0 Å². The molecule has 0 atom stereocenters. The zero-order valence-corrected chi connectivity index (χ0v) is 7.84. The van der Waals surface area contributed by atoms with E-state index in [0.717, 1.165) is 0 Å². The van der Waals surface area contributed by atoms with Gasteiger partial charge in [-0.05, 0) is 0 Å². The fourth-order valence-electron chi connectivity index (χ4n) is 0. The molecular weight excluding hydrogens is 276 g/mol. The van der Waals surface area contributed by atoms with Crippen molar-refractivity contribution in [1.82, 2.24) is 0 Å². The summed E-state index contributed by atoms with van der Waals surface area (Å²) in [7, 11) is 0. The van der Waals surface area contributed by atoms with E-state index in [1.165, 1.54) is 0 Å². The first-order chi connectivity index (χ1) is 1.73. The summed E-state index contributed by atoms with van der Waals surface area (Å²) in [5.41, 5.74) is 0. The van der Waals surface area contributed by atoms with Crippen LogP contribution in [0.5, 0.6) is 0 Å². The first-order valence-electron chi connectivity index (χ1n) is 0.567. The normalized spacial score (nSPS) is 7.20. The van der Waals surface area contributed by atoms with Crippen LogP contribution in [0, 0.1) is 6.68 Å². The van der Waals surface area contributed by atoms with Crippen LogP contribution in [-0.4, -0.2) is 27.3 Å². The quantitative estimate of drug-likeness (QED) is 0.564. The zero-order valence-electron chi connectivity index (χ0n) is 2.34. The molecule has 0 nitrogen and oxygen atoms in total. The van der Waals surface area contributed by atoms with E-state index in [9.17, 15) is 13.2 Å². The van der Waals surface area contributed by atoms with Gasteiger partial charge in [0.1, 0.15) is 0 Å². The molecule has 0 aromatic heterocycles. The fraction of sp³-hybridized carbons (Fsp3) is 0. The molecule has 0 fully saturated rings. The maximum atomic E-state index is 9.58. The SMILES string of the molecule is F[C](F)F.[PbH2]. The first kappa shape index (κ1) is 9.20. The summed E-state index contributed by atoms with van der Waals surface area (Å²) >= 11 is 0. The van der Waals surface area contributed by atoms with Gasteiger partial charge in [-0.15, -0.1) is 0 Å². The van der Waals surface area contributed by atoms with Crippen molar-refractivity contribution < 1.29 is 13.2 Å². The first-order valence-corrected chi connectivity index (χ1v) is 0.567. The monoisotopic (exact) mass is 279 g/mol. The van der Waals surface area contributed by atoms with E-state index in [4.69, 9.17) is 0 Å². The fourth-order valence-corrected chi connectivity index (χ4v) is 0. The molecule has 0 aliphatic heterocycles. The maximum absolute atomic E-state index is 9.58. The Morgan fingerprint density at radius 3 is 1.00 bits per heavy atom. The Labute approximate surface area is 47.5 Å². The van der Waals surface area contributed by atoms with E-state index in [0.29, 0.717) is 0 Å². The summed E-state index contributed by atoms with van der Waals surface area (Å²) in [6.45, 7) is -3.08. The van der Waals surface area contributed by atoms with Crippen LogP contribution in [0.25, 0.3) is 0 Å². The minimum absolute atomic E-state index is 0. The van der Waals surface area contributed by atoms with Gasteiger partial charge in [-0.3, -0.25) is 0 Å². The second kappa shape index (κ2) is 4.71. The summed E-state index contributed by atoms with van der Waals surface area (Å²) in [6, 6.07) is 0. The summed E-state index contributed by atoms with van der Waals surface area (Å²) < 4.78 is 28.8. The van der Waals surface area contributed by atoms with Crippen molar-refractivity contribution in [2.75, 3.05) is 0 Å². The van der Waals surface area contributed by atoms with Gasteiger partial charge in [0.2, 0.25) is 0 Å². The average Bonchev–Trinajstić information content (AvgIpc) is 0.811. The standard InChI is InChI=1S/CF3.Pb.2H/c2-1(3)4;;;. The third kappa shape index (κ3) is 68.4. The third-order valence-corrected chi connectivity index (χ3v) is 0. The van der Waals surface area contributed by atoms with E-state index in [1.807, 2.05) is 0 Å². The molecule has 0 aromatic rings. The van der Waals surface area contributed by atoms with Crippen molar-refractivity contribution in [3.05, 3.63) is 6.68 Å². The Hall–Kier alpha value is 0.712. The summed E-state index contributed by atoms with van der Waals surface area (Å²) in [5.74, 6) is 0. The third-order valence-electron chi connectivity index (χ3n) is 0. The molecule has 0 amide bonds. The van der Waals surface area contributed by atoms with E-state index in [1.54, 1.807) is 0 Å². The molecule has 0 N–H and O–H groups in total. The van der Waals surface area contributed by atoms with Crippen molar-refractivity contribution in [3.63, 3.8) is 0 Å². The van der Waals surface area contributed by atoms with Crippen LogP contribution >= 0.6 is 0 Å². The molecule has 0 aliphatic carbocycles. The summed E-state index contributed by atoms with van der Waals surface area (Å²) in [5, 5.41) is 0. The Morgan fingerprint density at radius 2 is 1.00 bits per heavy atom. The Balaban J connectivity index is 0. The van der Waals surface area contributed by atoms with Gasteiger partial charge in [-0.2, -0.15) is 13.2 Å². The van der Waals surface area contributed by atoms with Gasteiger partial charge in [0.15, 0.2) is 0 Å². The van der Waals surface area contributed by atoms with Gasteiger partial charge in [0.25, 0.3) is 0 Å². The second-order valence-electron chi connectivity index (χ2n) is 0.214. The van der Waals surface area contributed by atoms with Crippen LogP contribution < -0.4 is 0 Å². The van der Waals surface area contributed by atoms with Crippen LogP contribution in [-0.2, 0) is 0 Å². The Kier molecular flexibility index (Phi) is 8.67. The van der Waals surface area contributed by atoms with E-state index in [-0.39, 0.29) is 27.3 Å². The van der Waals surface area contributed by atoms with Gasteiger partial charge in [-0.25, -0.2) is 0 Å². The van der Waals surface area contributed by atoms with Crippen molar-refractivity contribution >= 4 is 27.3 Å². The predicted octanol–water partition coefficient (Wildman–Crippen LogP) is 0.426. The molecular formula is CH2F3Pb. The van der Waals surface area contributed by atoms with Crippen molar-refractivity contribution in [2.24, 2.45) is 0 Å². The Morgan fingerprint density at radius 1 is 1.00 bits per heavy atom. The van der Waals surface area contributed by atoms with Crippen molar-refractivity contribution in [2.45, 2.75) is 0 Å². The molecule has 3 radical (unpaired) electrons. The molecule has 4 heteroatoms. The molecule has 0 spiro atoms. The summed E-state index contributed by atoms with van der Waals surface area (Å²) in [4.78, 5) is 0. The van der Waals surface area contributed by atoms with E-state index >= 15 is 0 Å². The van der Waals surface area contributed by atoms with Gasteiger partial charge >= 0.3 is 34.0 Å². The van der Waals surface area contributed by atoms with Crippen LogP contribution in [0.15, 0.2) is 0 Å². The Bertz CT molecular complexity index is 11.6. The topological polar surface area (TPSA) is 0 Å². The average molecular weight is 278 g/mol. The van der Waals surface area contributed by atoms with Crippen LogP contribution in [0.4, 0.5) is 13.2 Å². The van der Waals surface area contributed by atoms with Crippen LogP contribution in [0.2, 0.25) is 0 Å². The molecule has 0 saturated heterocycles. The molecule has 0 aromatic carbocycles. The number of rotatable bonds is 0. The molecule has 0 saturated carbocycles. The number of hydrogen-bond acceptors (Lipinski definition) is 0. The summed E-state index contributed by atoms with van der Waals surface area (Å²) in [6.07, 6.45) is 0. The molecule has 5 heavy (non-hydrogen) atoms.